The smallest absolute Gasteiger partial charge is 0.248 e. The Bertz CT molecular complexity index is 956. The van der Waals surface area contributed by atoms with E-state index in [0.717, 1.165) is 79.4 Å². The van der Waals surface area contributed by atoms with E-state index in [4.69, 9.17) is 11.6 Å². The van der Waals surface area contributed by atoms with Gasteiger partial charge in [-0.2, -0.15) is 0 Å². The highest BCUT2D eigenvalue weighted by atomic mass is 35.5. The maximum atomic E-state index is 12.8. The van der Waals surface area contributed by atoms with Gasteiger partial charge in [0.15, 0.2) is 0 Å². The average molecular weight is 497 g/mol. The summed E-state index contributed by atoms with van der Waals surface area (Å²) in [5.74, 6) is -0.0164. The summed E-state index contributed by atoms with van der Waals surface area (Å²) >= 11 is 6.20. The maximum Gasteiger partial charge on any atom is 0.248 e. The van der Waals surface area contributed by atoms with Crippen LogP contribution in [0.15, 0.2) is 83.7 Å². The van der Waals surface area contributed by atoms with Crippen molar-refractivity contribution in [1.82, 2.24) is 20.4 Å². The predicted molar refractivity (Wildman–Crippen MR) is 150 cm³/mol. The molecule has 1 aliphatic rings. The van der Waals surface area contributed by atoms with Gasteiger partial charge in [0.05, 0.1) is 0 Å². The van der Waals surface area contributed by atoms with Gasteiger partial charge in [0.25, 0.3) is 0 Å². The predicted octanol–water partition coefficient (Wildman–Crippen LogP) is 5.66. The van der Waals surface area contributed by atoms with Gasteiger partial charge >= 0.3 is 0 Å². The van der Waals surface area contributed by atoms with E-state index in [2.05, 4.69) is 47.1 Å². The van der Waals surface area contributed by atoms with Crippen molar-refractivity contribution in [2.75, 3.05) is 39.3 Å². The number of hydrogen-bond donors (Lipinski definition) is 2. The second-order valence-electron chi connectivity index (χ2n) is 8.69. The van der Waals surface area contributed by atoms with E-state index in [0.29, 0.717) is 18.0 Å². The molecule has 0 aromatic heterocycles. The van der Waals surface area contributed by atoms with Gasteiger partial charge in [-0.25, -0.2) is 0 Å². The second kappa shape index (κ2) is 14.6. The quantitative estimate of drug-likeness (QED) is 0.210. The molecule has 1 saturated heterocycles. The van der Waals surface area contributed by atoms with Crippen molar-refractivity contribution >= 4 is 23.2 Å². The molecule has 1 amide bonds. The number of allylic oxidation sites excluding steroid dienone is 4. The monoisotopic (exact) mass is 496 g/mol. The van der Waals surface area contributed by atoms with Crippen LogP contribution in [-0.4, -0.2) is 55.0 Å². The number of amides is 1. The molecule has 1 aromatic rings. The van der Waals surface area contributed by atoms with E-state index >= 15 is 0 Å². The molecule has 1 heterocycles. The highest BCUT2D eigenvalue weighted by Gasteiger charge is 2.20. The molecule has 1 aromatic carbocycles. The van der Waals surface area contributed by atoms with E-state index in [1.54, 1.807) is 0 Å². The molecule has 0 radical (unpaired) electrons. The zero-order valence-corrected chi connectivity index (χ0v) is 22.4. The molecule has 0 atom stereocenters. The van der Waals surface area contributed by atoms with Crippen molar-refractivity contribution in [2.45, 2.75) is 40.0 Å². The minimum absolute atomic E-state index is 0.0164. The molecule has 0 saturated carbocycles. The molecular formula is C29H41ClN4O. The number of benzene rings is 1. The maximum absolute atomic E-state index is 12.8. The lowest BCUT2D eigenvalue weighted by atomic mass is 10.1. The summed E-state index contributed by atoms with van der Waals surface area (Å²) < 4.78 is 0. The summed E-state index contributed by atoms with van der Waals surface area (Å²) in [6.07, 6.45) is 4.30. The molecule has 190 valence electrons. The Balaban J connectivity index is 1.80. The third-order valence-electron chi connectivity index (χ3n) is 6.37. The van der Waals surface area contributed by atoms with Crippen molar-refractivity contribution in [3.05, 3.63) is 89.3 Å². The second-order valence-corrected chi connectivity index (χ2v) is 9.15. The lowest BCUT2D eigenvalue weighted by Crippen LogP contribution is -2.46. The number of carbonyl (C=O) groups excluding carboxylic acids is 1. The minimum atomic E-state index is -0.0164. The summed E-state index contributed by atoms with van der Waals surface area (Å²) in [6.45, 7) is 23.4. The van der Waals surface area contributed by atoms with Crippen LogP contribution >= 0.6 is 11.6 Å². The summed E-state index contributed by atoms with van der Waals surface area (Å²) in [7, 11) is 0. The molecule has 0 bridgehead atoms. The first-order chi connectivity index (χ1) is 16.8. The molecule has 0 spiro atoms. The number of nitrogens with one attached hydrogen (secondary N) is 2. The van der Waals surface area contributed by atoms with Crippen molar-refractivity contribution in [1.29, 1.82) is 0 Å². The molecule has 1 fully saturated rings. The van der Waals surface area contributed by atoms with Gasteiger partial charge < -0.3 is 15.5 Å². The van der Waals surface area contributed by atoms with Crippen molar-refractivity contribution in [3.63, 3.8) is 0 Å². The van der Waals surface area contributed by atoms with E-state index in [-0.39, 0.29) is 5.91 Å². The third-order valence-corrected chi connectivity index (χ3v) is 6.60. The number of carbonyl (C=O) groups is 1. The molecule has 5 nitrogen and oxygen atoms in total. The fraction of sp³-hybridized carbons (Fsp3) is 0.414. The van der Waals surface area contributed by atoms with E-state index in [1.165, 1.54) is 0 Å². The van der Waals surface area contributed by atoms with Crippen LogP contribution in [-0.2, 0) is 4.79 Å². The first-order valence-corrected chi connectivity index (χ1v) is 12.9. The van der Waals surface area contributed by atoms with E-state index in [1.807, 2.05) is 50.3 Å². The van der Waals surface area contributed by atoms with Gasteiger partial charge in [-0.3, -0.25) is 9.69 Å². The Morgan fingerprint density at radius 1 is 1.06 bits per heavy atom. The van der Waals surface area contributed by atoms with Gasteiger partial charge in [-0.1, -0.05) is 75.5 Å². The molecule has 0 aliphatic carbocycles. The zero-order valence-electron chi connectivity index (χ0n) is 21.6. The SMILES string of the molecule is C=C/C(=C(/CC)C(=C)Cl)N1CCN(CCCNC(=O)/C(CC)=C(\C)NC(=C)c2ccccc2)CC1. The highest BCUT2D eigenvalue weighted by Crippen LogP contribution is 2.24. The third kappa shape index (κ3) is 8.44. The van der Waals surface area contributed by atoms with Crippen molar-refractivity contribution < 1.29 is 4.79 Å². The lowest BCUT2D eigenvalue weighted by Gasteiger charge is -2.37. The van der Waals surface area contributed by atoms with Crippen LogP contribution in [0.2, 0.25) is 0 Å². The largest absolute Gasteiger partial charge is 0.369 e. The topological polar surface area (TPSA) is 47.6 Å². The number of nitrogens with zero attached hydrogens (tertiary/aromatic N) is 2. The number of halogens is 1. The summed E-state index contributed by atoms with van der Waals surface area (Å²) in [5.41, 5.74) is 5.56. The standard InChI is InChI=1S/C29H41ClN4O/c1-7-26(22(4)30)28(9-3)34-20-18-33(19-21-34)17-13-16-31-29(35)27(8-2)24(6)32-23(5)25-14-11-10-12-15-25/h9-12,14-15,32H,3-5,7-8,13,16-21H2,1-2,6H3,(H,31,35)/b27-24+,28-26+. The van der Waals surface area contributed by atoms with E-state index in [9.17, 15) is 4.79 Å². The van der Waals surface area contributed by atoms with Crippen LogP contribution in [0.25, 0.3) is 5.70 Å². The lowest BCUT2D eigenvalue weighted by molar-refractivity contribution is -0.117. The molecule has 35 heavy (non-hydrogen) atoms. The number of rotatable bonds is 13. The van der Waals surface area contributed by atoms with Crippen LogP contribution in [0.1, 0.15) is 45.6 Å². The molecule has 2 rings (SSSR count). The molecule has 2 N–H and O–H groups in total. The number of piperazine rings is 1. The van der Waals surface area contributed by atoms with Gasteiger partial charge in [0.2, 0.25) is 5.91 Å². The van der Waals surface area contributed by atoms with Crippen LogP contribution < -0.4 is 10.6 Å². The first kappa shape index (κ1) is 28.5. The van der Waals surface area contributed by atoms with Crippen LogP contribution in [0.5, 0.6) is 0 Å². The Kier molecular flexibility index (Phi) is 11.9. The van der Waals surface area contributed by atoms with Crippen LogP contribution in [0, 0.1) is 0 Å². The normalized spacial score (nSPS) is 15.6. The minimum Gasteiger partial charge on any atom is -0.369 e. The summed E-state index contributed by atoms with van der Waals surface area (Å²) in [5, 5.41) is 6.98. The van der Waals surface area contributed by atoms with Gasteiger partial charge in [-0.05, 0) is 49.9 Å². The fourth-order valence-corrected chi connectivity index (χ4v) is 4.62. The zero-order chi connectivity index (χ0) is 25.8. The van der Waals surface area contributed by atoms with Crippen LogP contribution in [0.3, 0.4) is 0 Å². The molecule has 1 aliphatic heterocycles. The Hall–Kier alpha value is -2.76. The average Bonchev–Trinajstić information content (AvgIpc) is 2.86. The van der Waals surface area contributed by atoms with Crippen LogP contribution in [0.4, 0.5) is 0 Å². The fourth-order valence-electron chi connectivity index (χ4n) is 4.39. The highest BCUT2D eigenvalue weighted by molar-refractivity contribution is 6.31. The first-order valence-electron chi connectivity index (χ1n) is 12.5. The van der Waals surface area contributed by atoms with Gasteiger partial charge in [0.1, 0.15) is 0 Å². The molecule has 6 heteroatoms. The summed E-state index contributed by atoms with van der Waals surface area (Å²) in [6, 6.07) is 9.92. The van der Waals surface area contributed by atoms with E-state index < -0.39 is 0 Å². The Morgan fingerprint density at radius 3 is 2.23 bits per heavy atom. The van der Waals surface area contributed by atoms with Crippen molar-refractivity contribution in [2.24, 2.45) is 0 Å². The van der Waals surface area contributed by atoms with Gasteiger partial charge in [-0.15, -0.1) is 0 Å². The Labute approximate surface area is 216 Å². The molecule has 0 unspecified atom stereocenters. The Morgan fingerprint density at radius 2 is 1.69 bits per heavy atom. The van der Waals surface area contributed by atoms with Gasteiger partial charge in [0, 0.05) is 60.4 Å². The number of hydrogen-bond acceptors (Lipinski definition) is 4. The molecular weight excluding hydrogens is 456 g/mol. The van der Waals surface area contributed by atoms with Crippen molar-refractivity contribution in [3.8, 4) is 0 Å². The summed E-state index contributed by atoms with van der Waals surface area (Å²) in [4.78, 5) is 17.6.